The van der Waals surface area contributed by atoms with Crippen LogP contribution in [0.5, 0.6) is 0 Å². The predicted octanol–water partition coefficient (Wildman–Crippen LogP) is -1.65. The van der Waals surface area contributed by atoms with Gasteiger partial charge in [-0.2, -0.15) is 0 Å². The number of carbonyl (C=O) groups excluding carboxylic acids is 6. The fourth-order valence-electron chi connectivity index (χ4n) is 2.72. The summed E-state index contributed by atoms with van der Waals surface area (Å²) in [5.74, 6) is -2.05. The minimum Gasteiger partial charge on any atom is -0.356 e. The summed E-state index contributed by atoms with van der Waals surface area (Å²) in [6, 6.07) is -0.699. The van der Waals surface area contributed by atoms with Crippen LogP contribution >= 0.6 is 0 Å². The Morgan fingerprint density at radius 3 is 2.10 bits per heavy atom. The lowest BCUT2D eigenvalue weighted by Gasteiger charge is -2.18. The molecule has 0 aromatic heterocycles. The van der Waals surface area contributed by atoms with Gasteiger partial charge in [0.2, 0.25) is 23.6 Å². The SMILES string of the molecule is CC(=O)NCCCCC(NC(C)=O)C(=O)NCCNC(=O)CCN1C(=O)C=CC1=O. The molecule has 166 valence electrons. The summed E-state index contributed by atoms with van der Waals surface area (Å²) in [7, 11) is 0. The summed E-state index contributed by atoms with van der Waals surface area (Å²) in [6.07, 6.45) is 4.01. The maximum absolute atomic E-state index is 12.3. The Morgan fingerprint density at radius 2 is 1.50 bits per heavy atom. The van der Waals surface area contributed by atoms with Gasteiger partial charge >= 0.3 is 0 Å². The maximum atomic E-state index is 12.3. The molecule has 11 heteroatoms. The number of unbranched alkanes of at least 4 members (excludes halogenated alkanes) is 1. The van der Waals surface area contributed by atoms with Crippen molar-refractivity contribution in [3.63, 3.8) is 0 Å². The minimum atomic E-state index is -0.699. The van der Waals surface area contributed by atoms with Crippen LogP contribution in [0, 0.1) is 0 Å². The van der Waals surface area contributed by atoms with Crippen molar-refractivity contribution in [3.8, 4) is 0 Å². The second kappa shape index (κ2) is 13.1. The van der Waals surface area contributed by atoms with Crippen LogP contribution in [-0.4, -0.2) is 72.6 Å². The molecule has 1 heterocycles. The van der Waals surface area contributed by atoms with Gasteiger partial charge in [0, 0.05) is 58.6 Å². The van der Waals surface area contributed by atoms with Gasteiger partial charge in [-0.3, -0.25) is 33.7 Å². The number of amides is 6. The van der Waals surface area contributed by atoms with Crippen LogP contribution in [0.1, 0.15) is 39.5 Å². The van der Waals surface area contributed by atoms with E-state index < -0.39 is 17.9 Å². The lowest BCUT2D eigenvalue weighted by Crippen LogP contribution is -2.47. The van der Waals surface area contributed by atoms with Gasteiger partial charge in [-0.05, 0) is 19.3 Å². The second-order valence-corrected chi connectivity index (χ2v) is 6.78. The fourth-order valence-corrected chi connectivity index (χ4v) is 2.72. The van der Waals surface area contributed by atoms with E-state index in [1.807, 2.05) is 0 Å². The molecule has 0 radical (unpaired) electrons. The second-order valence-electron chi connectivity index (χ2n) is 6.78. The van der Waals surface area contributed by atoms with Gasteiger partial charge in [0.15, 0.2) is 0 Å². The molecule has 4 N–H and O–H groups in total. The molecule has 0 aliphatic carbocycles. The lowest BCUT2D eigenvalue weighted by molar-refractivity contribution is -0.137. The molecule has 6 amide bonds. The molecule has 1 aliphatic rings. The van der Waals surface area contributed by atoms with E-state index in [2.05, 4.69) is 21.3 Å². The molecular weight excluding hydrogens is 394 g/mol. The number of nitrogens with one attached hydrogen (secondary N) is 4. The third-order valence-corrected chi connectivity index (χ3v) is 4.20. The first-order chi connectivity index (χ1) is 14.2. The summed E-state index contributed by atoms with van der Waals surface area (Å²) >= 11 is 0. The Balaban J connectivity index is 2.25. The van der Waals surface area contributed by atoms with Gasteiger partial charge in [0.05, 0.1) is 0 Å². The molecule has 0 fully saturated rings. The van der Waals surface area contributed by atoms with E-state index >= 15 is 0 Å². The molecule has 0 saturated heterocycles. The van der Waals surface area contributed by atoms with E-state index in [1.165, 1.54) is 13.8 Å². The molecule has 0 saturated carbocycles. The Bertz CT molecular complexity index is 688. The van der Waals surface area contributed by atoms with E-state index in [1.54, 1.807) is 0 Å². The van der Waals surface area contributed by atoms with Crippen molar-refractivity contribution in [1.82, 2.24) is 26.2 Å². The predicted molar refractivity (Wildman–Crippen MR) is 107 cm³/mol. The van der Waals surface area contributed by atoms with Crippen LogP contribution in [-0.2, 0) is 28.8 Å². The summed E-state index contributed by atoms with van der Waals surface area (Å²) in [5.41, 5.74) is 0. The highest BCUT2D eigenvalue weighted by Gasteiger charge is 2.23. The highest BCUT2D eigenvalue weighted by molar-refractivity contribution is 6.13. The van der Waals surface area contributed by atoms with E-state index in [9.17, 15) is 28.8 Å². The largest absolute Gasteiger partial charge is 0.356 e. The molecule has 1 rings (SSSR count). The Hall–Kier alpha value is -3.24. The van der Waals surface area contributed by atoms with E-state index in [4.69, 9.17) is 0 Å². The highest BCUT2D eigenvalue weighted by Crippen LogP contribution is 2.04. The third kappa shape index (κ3) is 9.80. The zero-order valence-electron chi connectivity index (χ0n) is 17.3. The number of hydrogen-bond acceptors (Lipinski definition) is 6. The van der Waals surface area contributed by atoms with Crippen LogP contribution < -0.4 is 21.3 Å². The molecule has 0 aromatic rings. The molecule has 1 atom stereocenters. The van der Waals surface area contributed by atoms with Gasteiger partial charge in [-0.25, -0.2) is 0 Å². The van der Waals surface area contributed by atoms with Gasteiger partial charge in [-0.1, -0.05) is 0 Å². The standard InChI is InChI=1S/C19H29N5O6/c1-13(25)20-9-4-3-5-15(23-14(2)26)19(30)22-11-10-21-16(27)8-12-24-17(28)6-7-18(24)29/h6-7,15H,3-5,8-12H2,1-2H3,(H,20,25)(H,21,27)(H,22,30)(H,23,26). The number of hydrogen-bond donors (Lipinski definition) is 4. The minimum absolute atomic E-state index is 0.00799. The summed E-state index contributed by atoms with van der Waals surface area (Å²) in [4.78, 5) is 70.0. The molecule has 11 nitrogen and oxygen atoms in total. The Kier molecular flexibility index (Phi) is 10.8. The fraction of sp³-hybridized carbons (Fsp3) is 0.579. The molecule has 0 spiro atoms. The van der Waals surface area contributed by atoms with Crippen molar-refractivity contribution in [2.75, 3.05) is 26.2 Å². The first kappa shape index (κ1) is 24.8. The van der Waals surface area contributed by atoms with Gasteiger partial charge in [0.25, 0.3) is 11.8 Å². The van der Waals surface area contributed by atoms with Crippen molar-refractivity contribution in [2.45, 2.75) is 45.6 Å². The normalized spacial score (nSPS) is 13.7. The van der Waals surface area contributed by atoms with Crippen LogP contribution in [0.2, 0.25) is 0 Å². The lowest BCUT2D eigenvalue weighted by atomic mass is 10.1. The van der Waals surface area contributed by atoms with Crippen molar-refractivity contribution in [3.05, 3.63) is 12.2 Å². The smallest absolute Gasteiger partial charge is 0.253 e. The highest BCUT2D eigenvalue weighted by atomic mass is 16.2. The first-order valence-corrected chi connectivity index (χ1v) is 9.80. The van der Waals surface area contributed by atoms with Gasteiger partial charge in [0.1, 0.15) is 6.04 Å². The summed E-state index contributed by atoms with van der Waals surface area (Å²) in [6.45, 7) is 3.57. The molecule has 0 bridgehead atoms. The zero-order chi connectivity index (χ0) is 22.5. The third-order valence-electron chi connectivity index (χ3n) is 4.20. The molecule has 30 heavy (non-hydrogen) atoms. The number of carbonyl (C=O) groups is 6. The number of rotatable bonds is 13. The van der Waals surface area contributed by atoms with Crippen LogP contribution in [0.25, 0.3) is 0 Å². The van der Waals surface area contributed by atoms with Crippen LogP contribution in [0.3, 0.4) is 0 Å². The van der Waals surface area contributed by atoms with Crippen molar-refractivity contribution in [2.24, 2.45) is 0 Å². The monoisotopic (exact) mass is 423 g/mol. The van der Waals surface area contributed by atoms with Gasteiger partial charge < -0.3 is 21.3 Å². The molecule has 1 unspecified atom stereocenters. The maximum Gasteiger partial charge on any atom is 0.253 e. The van der Waals surface area contributed by atoms with E-state index in [0.717, 1.165) is 17.1 Å². The molecular formula is C19H29N5O6. The Labute approximate surface area is 175 Å². The van der Waals surface area contributed by atoms with Gasteiger partial charge in [-0.15, -0.1) is 0 Å². The summed E-state index contributed by atoms with van der Waals surface area (Å²) < 4.78 is 0. The zero-order valence-corrected chi connectivity index (χ0v) is 17.3. The van der Waals surface area contributed by atoms with Crippen molar-refractivity contribution >= 4 is 35.4 Å². The van der Waals surface area contributed by atoms with E-state index in [0.29, 0.717) is 25.8 Å². The molecule has 1 aliphatic heterocycles. The molecule has 0 aromatic carbocycles. The van der Waals surface area contributed by atoms with Crippen LogP contribution in [0.15, 0.2) is 12.2 Å². The average molecular weight is 423 g/mol. The topological polar surface area (TPSA) is 154 Å². The number of imide groups is 1. The first-order valence-electron chi connectivity index (χ1n) is 9.80. The average Bonchev–Trinajstić information content (AvgIpc) is 2.99. The summed E-state index contributed by atoms with van der Waals surface area (Å²) in [5, 5.41) is 10.5. The van der Waals surface area contributed by atoms with Crippen molar-refractivity contribution in [1.29, 1.82) is 0 Å². The Morgan fingerprint density at radius 1 is 0.867 bits per heavy atom. The number of nitrogens with zero attached hydrogens (tertiary/aromatic N) is 1. The van der Waals surface area contributed by atoms with Crippen LogP contribution in [0.4, 0.5) is 0 Å². The van der Waals surface area contributed by atoms with Crippen molar-refractivity contribution < 1.29 is 28.8 Å². The van der Waals surface area contributed by atoms with E-state index in [-0.39, 0.29) is 49.7 Å². The quantitative estimate of drug-likeness (QED) is 0.205.